The van der Waals surface area contributed by atoms with Crippen LogP contribution in [0.3, 0.4) is 0 Å². The number of esters is 1. The first-order valence-electron chi connectivity index (χ1n) is 11.7. The lowest BCUT2D eigenvalue weighted by molar-refractivity contribution is -0.152. The Labute approximate surface area is 218 Å². The molecule has 0 radical (unpaired) electrons. The molecule has 0 saturated carbocycles. The van der Waals surface area contributed by atoms with Gasteiger partial charge in [0.2, 0.25) is 0 Å². The van der Waals surface area contributed by atoms with E-state index in [0.717, 1.165) is 0 Å². The third-order valence-corrected chi connectivity index (χ3v) is 5.60. The van der Waals surface area contributed by atoms with Crippen molar-refractivity contribution in [1.29, 1.82) is 0 Å². The minimum atomic E-state index is -1.83. The number of aliphatic carboxylic acids is 2. The minimum Gasteiger partial charge on any atom is -0.481 e. The first-order chi connectivity index (χ1) is 17.9. The number of rotatable bonds is 14. The molecule has 38 heavy (non-hydrogen) atoms. The fraction of sp³-hybridized carbons (Fsp3) is 0.400. The van der Waals surface area contributed by atoms with Crippen LogP contribution in [0, 0.1) is 5.92 Å². The number of aliphatic hydroxyl groups excluding tert-OH is 1. The van der Waals surface area contributed by atoms with E-state index in [4.69, 9.17) is 26.1 Å². The van der Waals surface area contributed by atoms with Gasteiger partial charge in [-0.25, -0.2) is 4.99 Å². The summed E-state index contributed by atoms with van der Waals surface area (Å²) in [7, 11) is 0. The number of carboxylic acids is 2. The maximum Gasteiger partial charge on any atom is 0.315 e. The molecule has 0 bridgehead atoms. The Hall–Kier alpha value is -4.23. The van der Waals surface area contributed by atoms with Crippen LogP contribution in [0.15, 0.2) is 70.2 Å². The summed E-state index contributed by atoms with van der Waals surface area (Å²) >= 11 is 0. The van der Waals surface area contributed by atoms with Crippen LogP contribution in [0.5, 0.6) is 0 Å². The average Bonchev–Trinajstić information content (AvgIpc) is 3.19. The van der Waals surface area contributed by atoms with Crippen molar-refractivity contribution in [3.05, 3.63) is 60.1 Å². The molecule has 0 aromatic heterocycles. The number of allylic oxidation sites excluding steroid dienone is 6. The maximum atomic E-state index is 12.4. The summed E-state index contributed by atoms with van der Waals surface area (Å²) in [6.45, 7) is 3.56. The molecule has 0 saturated heterocycles. The van der Waals surface area contributed by atoms with Crippen LogP contribution in [-0.4, -0.2) is 61.9 Å². The maximum absolute atomic E-state index is 12.4. The Morgan fingerprint density at radius 3 is 2.63 bits per heavy atom. The number of ether oxygens (including phenoxy) is 1. The van der Waals surface area contributed by atoms with Crippen molar-refractivity contribution in [2.24, 2.45) is 27.5 Å². The van der Waals surface area contributed by atoms with Gasteiger partial charge in [0.1, 0.15) is 5.76 Å². The molecule has 1 heterocycles. The van der Waals surface area contributed by atoms with Gasteiger partial charge in [-0.15, -0.1) is 0 Å². The van der Waals surface area contributed by atoms with Gasteiger partial charge in [-0.2, -0.15) is 0 Å². The predicted molar refractivity (Wildman–Crippen MR) is 136 cm³/mol. The van der Waals surface area contributed by atoms with Gasteiger partial charge in [0, 0.05) is 19.3 Å². The van der Waals surface area contributed by atoms with E-state index in [0.29, 0.717) is 23.4 Å². The normalized spacial score (nSPS) is 21.3. The highest BCUT2D eigenvalue weighted by Gasteiger charge is 2.44. The molecule has 0 amide bonds. The molecule has 13 nitrogen and oxygen atoms in total. The quantitative estimate of drug-likeness (QED) is 0.0612. The second kappa shape index (κ2) is 13.9. The van der Waals surface area contributed by atoms with E-state index in [1.54, 1.807) is 12.2 Å². The summed E-state index contributed by atoms with van der Waals surface area (Å²) in [6.07, 6.45) is 6.76. The Bertz CT molecular complexity index is 1110. The molecule has 2 atom stereocenters. The van der Waals surface area contributed by atoms with Gasteiger partial charge in [-0.05, 0) is 48.6 Å². The lowest BCUT2D eigenvalue weighted by Crippen LogP contribution is -2.36. The number of guanidine groups is 1. The van der Waals surface area contributed by atoms with Crippen LogP contribution < -0.4 is 11.5 Å². The molecule has 1 unspecified atom stereocenters. The molecular weight excluding hydrogens is 500 g/mol. The average molecular weight is 533 g/mol. The standard InChI is InChI=1S/C25H32N4O9/c1-2-4-16(28-24(26)27)5-3-6-23(36)37-17-9-7-15(8-10-20(30)31)18(11-17)19-12-25(38-29-19,13-21(32)33)14-22(34)35/h2-5,9,11,15,21,32-33H,1,6-8,10,12-14H2,(H,30,31)(H,34,35)(H4,26,27,28)/b5-3-,16-4+/t15-,25?/m0/s1. The van der Waals surface area contributed by atoms with E-state index >= 15 is 0 Å². The minimum absolute atomic E-state index is 0.0561. The van der Waals surface area contributed by atoms with Crippen LogP contribution in [0.25, 0.3) is 0 Å². The Kier molecular flexibility index (Phi) is 11.0. The monoisotopic (exact) mass is 532 g/mol. The molecule has 13 heteroatoms. The summed E-state index contributed by atoms with van der Waals surface area (Å²) in [5, 5.41) is 41.3. The smallest absolute Gasteiger partial charge is 0.315 e. The van der Waals surface area contributed by atoms with Crippen molar-refractivity contribution in [2.75, 3.05) is 0 Å². The number of nitrogens with two attached hydrogens (primary N) is 2. The van der Waals surface area contributed by atoms with Crippen LogP contribution in [-0.2, 0) is 24.0 Å². The third kappa shape index (κ3) is 9.67. The molecule has 1 aliphatic carbocycles. The predicted octanol–water partition coefficient (Wildman–Crippen LogP) is 1.20. The van der Waals surface area contributed by atoms with Crippen molar-refractivity contribution in [3.8, 4) is 0 Å². The van der Waals surface area contributed by atoms with Gasteiger partial charge in [-0.3, -0.25) is 14.4 Å². The SMILES string of the molecule is C=C/C=C(\C=C/CC(=O)OC1=CC[C@@H](CCC(=O)O)C(C2=NOC(CC(=O)O)(CC(O)O)C2)=C1)N=C(N)N. The van der Waals surface area contributed by atoms with Crippen molar-refractivity contribution >= 4 is 29.6 Å². The molecular formula is C25H32N4O9. The highest BCUT2D eigenvalue weighted by atomic mass is 16.7. The zero-order valence-electron chi connectivity index (χ0n) is 20.7. The van der Waals surface area contributed by atoms with E-state index in [9.17, 15) is 29.7 Å². The van der Waals surface area contributed by atoms with Gasteiger partial charge in [0.25, 0.3) is 0 Å². The number of aliphatic hydroxyl groups is 2. The summed E-state index contributed by atoms with van der Waals surface area (Å²) < 4.78 is 5.44. The number of carboxylic acid groups (broad SMARTS) is 2. The van der Waals surface area contributed by atoms with Crippen molar-refractivity contribution < 1.29 is 44.4 Å². The third-order valence-electron chi connectivity index (χ3n) is 5.60. The molecule has 0 aromatic rings. The number of aliphatic imine (C=N–C) groups is 1. The van der Waals surface area contributed by atoms with Crippen molar-refractivity contribution in [1.82, 2.24) is 0 Å². The lowest BCUT2D eigenvalue weighted by Gasteiger charge is -2.27. The van der Waals surface area contributed by atoms with Crippen molar-refractivity contribution in [2.45, 2.75) is 56.8 Å². The molecule has 8 N–H and O–H groups in total. The van der Waals surface area contributed by atoms with Gasteiger partial charge in [-0.1, -0.05) is 23.9 Å². The number of oxime groups is 1. The molecule has 0 aromatic carbocycles. The molecule has 206 valence electrons. The highest BCUT2D eigenvalue weighted by Crippen LogP contribution is 2.39. The largest absolute Gasteiger partial charge is 0.481 e. The Morgan fingerprint density at radius 1 is 1.29 bits per heavy atom. The van der Waals surface area contributed by atoms with Gasteiger partial charge < -0.3 is 41.5 Å². The fourth-order valence-electron chi connectivity index (χ4n) is 4.09. The van der Waals surface area contributed by atoms with Crippen LogP contribution in [0.2, 0.25) is 0 Å². The molecule has 1 aliphatic heterocycles. The summed E-state index contributed by atoms with van der Waals surface area (Å²) in [6, 6.07) is 0. The van der Waals surface area contributed by atoms with Crippen LogP contribution in [0.1, 0.15) is 44.9 Å². The fourth-order valence-corrected chi connectivity index (χ4v) is 4.09. The first kappa shape index (κ1) is 30.0. The van der Waals surface area contributed by atoms with E-state index in [1.807, 2.05) is 0 Å². The van der Waals surface area contributed by atoms with E-state index < -0.39 is 42.6 Å². The van der Waals surface area contributed by atoms with Gasteiger partial charge in [0.05, 0.1) is 24.3 Å². The molecule has 0 spiro atoms. The number of nitrogens with zero attached hydrogens (tertiary/aromatic N) is 2. The summed E-state index contributed by atoms with van der Waals surface area (Å²) in [5.74, 6) is -3.07. The van der Waals surface area contributed by atoms with Crippen LogP contribution >= 0.6 is 0 Å². The first-order valence-corrected chi connectivity index (χ1v) is 11.7. The number of carbonyl (C=O) groups excluding carboxylic acids is 1. The topological polar surface area (TPSA) is 227 Å². The second-order valence-corrected chi connectivity index (χ2v) is 8.76. The lowest BCUT2D eigenvalue weighted by atomic mass is 9.80. The molecule has 0 fully saturated rings. The highest BCUT2D eigenvalue weighted by molar-refractivity contribution is 6.02. The van der Waals surface area contributed by atoms with E-state index in [1.165, 1.54) is 24.3 Å². The zero-order chi connectivity index (χ0) is 28.3. The number of hydrogen-bond acceptors (Lipinski definition) is 9. The Balaban J connectivity index is 2.20. The summed E-state index contributed by atoms with van der Waals surface area (Å²) in [4.78, 5) is 44.2. The van der Waals surface area contributed by atoms with Crippen molar-refractivity contribution in [3.63, 3.8) is 0 Å². The Morgan fingerprint density at radius 2 is 2.03 bits per heavy atom. The van der Waals surface area contributed by atoms with Gasteiger partial charge >= 0.3 is 17.9 Å². The second-order valence-electron chi connectivity index (χ2n) is 8.76. The zero-order valence-corrected chi connectivity index (χ0v) is 20.7. The van der Waals surface area contributed by atoms with Crippen LogP contribution in [0.4, 0.5) is 0 Å². The molecule has 2 rings (SSSR count). The number of carbonyl (C=O) groups is 3. The van der Waals surface area contributed by atoms with E-state index in [2.05, 4.69) is 16.7 Å². The summed E-state index contributed by atoms with van der Waals surface area (Å²) in [5.41, 5.74) is 10.5. The molecule has 2 aliphatic rings. The van der Waals surface area contributed by atoms with Gasteiger partial charge in [0.15, 0.2) is 17.9 Å². The van der Waals surface area contributed by atoms with E-state index in [-0.39, 0.29) is 43.3 Å². The number of hydrogen-bond donors (Lipinski definition) is 6.